The molecule has 11 nitrogen and oxygen atoms in total. The lowest BCUT2D eigenvalue weighted by molar-refractivity contribution is -0.138. The minimum Gasteiger partial charge on any atom is -0.379 e. The van der Waals surface area contributed by atoms with Crippen molar-refractivity contribution in [3.05, 3.63) is 86.8 Å². The van der Waals surface area contributed by atoms with Gasteiger partial charge in [0.15, 0.2) is 0 Å². The van der Waals surface area contributed by atoms with Gasteiger partial charge < -0.3 is 20.0 Å². The van der Waals surface area contributed by atoms with E-state index in [1.165, 1.54) is 10.7 Å². The summed E-state index contributed by atoms with van der Waals surface area (Å²) in [6, 6.07) is 12.2. The van der Waals surface area contributed by atoms with Gasteiger partial charge in [0.1, 0.15) is 0 Å². The molecule has 0 bridgehead atoms. The summed E-state index contributed by atoms with van der Waals surface area (Å²) < 4.78 is 44.3. The normalized spacial score (nSPS) is 23.7. The Morgan fingerprint density at radius 3 is 2.26 bits per heavy atom. The number of hydrogen-bond donors (Lipinski definition) is 2. The molecule has 54 heavy (non-hydrogen) atoms. The van der Waals surface area contributed by atoms with Crippen molar-refractivity contribution in [3.8, 4) is 0 Å². The van der Waals surface area contributed by atoms with Crippen molar-refractivity contribution >= 4 is 29.1 Å². The zero-order valence-electron chi connectivity index (χ0n) is 31.0. The van der Waals surface area contributed by atoms with E-state index in [0.29, 0.717) is 37.3 Å². The van der Waals surface area contributed by atoms with Gasteiger partial charge in [0.25, 0.3) is 11.5 Å². The standard InChI is InChI=1S/C40H48F3N7O4/c1-25-33(22-44-48(3)37(25)53)45-30-20-29(23-47(2)24-30)26-4-6-27(7-5-26)38(54)50-18-14-39(15-19-50)12-16-49(17-13-39)34-10-8-28(21-32(34)40(41,42)43)31-9-11-35(51)46-36(31)52/h4-8,10,21-22,29-31,45H,9,11-20,23-24H2,1-3H3,(H,46,51,52)/t29-,30+,31?/m0/s1. The van der Waals surface area contributed by atoms with E-state index in [4.69, 9.17) is 0 Å². The molecule has 0 aliphatic carbocycles. The number of imide groups is 1. The Labute approximate surface area is 312 Å². The highest BCUT2D eigenvalue weighted by molar-refractivity contribution is 6.01. The molecule has 1 aromatic heterocycles. The number of amides is 3. The summed E-state index contributed by atoms with van der Waals surface area (Å²) in [5.41, 5.74) is 2.68. The molecule has 5 heterocycles. The van der Waals surface area contributed by atoms with Crippen molar-refractivity contribution in [2.24, 2.45) is 12.5 Å². The number of benzene rings is 2. The smallest absolute Gasteiger partial charge is 0.379 e. The second-order valence-corrected chi connectivity index (χ2v) is 15.8. The van der Waals surface area contributed by atoms with Crippen LogP contribution in [0.1, 0.15) is 89.4 Å². The van der Waals surface area contributed by atoms with Gasteiger partial charge in [0, 0.05) is 75.6 Å². The van der Waals surface area contributed by atoms with Gasteiger partial charge in [-0.25, -0.2) is 4.68 Å². The summed E-state index contributed by atoms with van der Waals surface area (Å²) in [5.74, 6) is -1.51. The van der Waals surface area contributed by atoms with Gasteiger partial charge >= 0.3 is 6.18 Å². The first-order valence-corrected chi connectivity index (χ1v) is 18.9. The van der Waals surface area contributed by atoms with Crippen LogP contribution in [0.2, 0.25) is 0 Å². The molecule has 4 aliphatic rings. The predicted octanol–water partition coefficient (Wildman–Crippen LogP) is 5.05. The van der Waals surface area contributed by atoms with Crippen LogP contribution in [-0.2, 0) is 22.8 Å². The van der Waals surface area contributed by atoms with Crippen LogP contribution in [0.25, 0.3) is 0 Å². The summed E-state index contributed by atoms with van der Waals surface area (Å²) in [5, 5.41) is 9.94. The topological polar surface area (TPSA) is 120 Å². The summed E-state index contributed by atoms with van der Waals surface area (Å²) in [6.45, 7) is 5.69. The average molecular weight is 748 g/mol. The number of alkyl halides is 3. The summed E-state index contributed by atoms with van der Waals surface area (Å²) in [6.07, 6.45) is 1.34. The van der Waals surface area contributed by atoms with E-state index >= 15 is 0 Å². The molecule has 3 amide bonds. The van der Waals surface area contributed by atoms with Crippen molar-refractivity contribution in [2.45, 2.75) is 75.9 Å². The fraction of sp³-hybridized carbons (Fsp3) is 0.525. The molecule has 4 aliphatic heterocycles. The third kappa shape index (κ3) is 7.75. The van der Waals surface area contributed by atoms with Crippen molar-refractivity contribution in [1.29, 1.82) is 0 Å². The van der Waals surface area contributed by atoms with Crippen molar-refractivity contribution in [1.82, 2.24) is 24.9 Å². The van der Waals surface area contributed by atoms with E-state index in [-0.39, 0.29) is 52.9 Å². The summed E-state index contributed by atoms with van der Waals surface area (Å²) in [4.78, 5) is 55.9. The number of anilines is 2. The molecule has 7 rings (SSSR count). The molecular formula is C40H48F3N7O4. The molecule has 3 aromatic rings. The number of likely N-dealkylation sites (tertiary alicyclic amines) is 2. The van der Waals surface area contributed by atoms with Gasteiger partial charge in [-0.05, 0) is 99.2 Å². The Morgan fingerprint density at radius 1 is 0.926 bits per heavy atom. The minimum atomic E-state index is -4.60. The molecule has 0 saturated carbocycles. The predicted molar refractivity (Wildman–Crippen MR) is 199 cm³/mol. The van der Waals surface area contributed by atoms with E-state index in [2.05, 4.69) is 27.7 Å². The van der Waals surface area contributed by atoms with Crippen molar-refractivity contribution in [3.63, 3.8) is 0 Å². The number of aromatic nitrogens is 2. The fourth-order valence-electron chi connectivity index (χ4n) is 8.95. The summed E-state index contributed by atoms with van der Waals surface area (Å²) in [7, 11) is 3.73. The number of carbonyl (C=O) groups excluding carboxylic acids is 3. The number of nitrogens with zero attached hydrogens (tertiary/aromatic N) is 5. The van der Waals surface area contributed by atoms with Crippen LogP contribution in [0.5, 0.6) is 0 Å². The number of carbonyl (C=O) groups is 3. The zero-order chi connectivity index (χ0) is 38.4. The third-order valence-electron chi connectivity index (χ3n) is 12.2. The van der Waals surface area contributed by atoms with E-state index in [0.717, 1.165) is 62.5 Å². The van der Waals surface area contributed by atoms with Gasteiger partial charge in [0.05, 0.1) is 23.4 Å². The number of likely N-dealkylation sites (N-methyl/N-ethyl adjacent to an activating group) is 1. The first kappa shape index (κ1) is 37.6. The van der Waals surface area contributed by atoms with E-state index in [1.54, 1.807) is 24.2 Å². The van der Waals surface area contributed by atoms with Gasteiger partial charge in [-0.15, -0.1) is 0 Å². The molecule has 0 radical (unpaired) electrons. The maximum Gasteiger partial charge on any atom is 0.418 e. The zero-order valence-corrected chi connectivity index (χ0v) is 31.0. The van der Waals surface area contributed by atoms with Crippen LogP contribution in [0.3, 0.4) is 0 Å². The van der Waals surface area contributed by atoms with Gasteiger partial charge in [0.2, 0.25) is 11.8 Å². The Morgan fingerprint density at radius 2 is 1.59 bits per heavy atom. The fourth-order valence-corrected chi connectivity index (χ4v) is 8.95. The Balaban J connectivity index is 0.940. The lowest BCUT2D eigenvalue weighted by Gasteiger charge is -2.47. The highest BCUT2D eigenvalue weighted by Gasteiger charge is 2.42. The lowest BCUT2D eigenvalue weighted by atomic mass is 9.71. The van der Waals surface area contributed by atoms with Crippen molar-refractivity contribution in [2.75, 3.05) is 56.5 Å². The first-order chi connectivity index (χ1) is 25.7. The Hall–Kier alpha value is -4.72. The third-order valence-corrected chi connectivity index (χ3v) is 12.2. The number of piperidine rings is 4. The molecular weight excluding hydrogens is 699 g/mol. The lowest BCUT2D eigenvalue weighted by Crippen LogP contribution is -2.48. The van der Waals surface area contributed by atoms with E-state index < -0.39 is 29.5 Å². The Bertz CT molecular complexity index is 1960. The Kier molecular flexibility index (Phi) is 10.3. The van der Waals surface area contributed by atoms with Crippen LogP contribution in [0.4, 0.5) is 24.5 Å². The van der Waals surface area contributed by atoms with Crippen LogP contribution in [-0.4, -0.2) is 89.7 Å². The van der Waals surface area contributed by atoms with E-state index in [9.17, 15) is 32.3 Å². The first-order valence-electron chi connectivity index (χ1n) is 18.9. The SMILES string of the molecule is Cc1c(N[C@@H]2C[C@H](c3ccc(C(=O)N4CCC5(CC4)CCN(c4ccc(C6CCC(=O)NC6=O)cc4C(F)(F)F)CC5)cc3)CN(C)C2)cnn(C)c1=O. The molecule has 1 spiro atoms. The molecule has 4 saturated heterocycles. The highest BCUT2D eigenvalue weighted by Crippen LogP contribution is 2.45. The second kappa shape index (κ2) is 14.8. The number of halogens is 3. The second-order valence-electron chi connectivity index (χ2n) is 15.8. The molecule has 1 unspecified atom stereocenters. The minimum absolute atomic E-state index is 0.00584. The highest BCUT2D eigenvalue weighted by atomic mass is 19.4. The molecule has 2 aromatic carbocycles. The van der Waals surface area contributed by atoms with Crippen LogP contribution >= 0.6 is 0 Å². The maximum absolute atomic E-state index is 14.3. The van der Waals surface area contributed by atoms with Crippen molar-refractivity contribution < 1.29 is 27.6 Å². The largest absolute Gasteiger partial charge is 0.418 e. The van der Waals surface area contributed by atoms with Gasteiger partial charge in [-0.1, -0.05) is 18.2 Å². The number of aryl methyl sites for hydroxylation is 1. The summed E-state index contributed by atoms with van der Waals surface area (Å²) >= 11 is 0. The monoisotopic (exact) mass is 747 g/mol. The number of rotatable bonds is 6. The molecule has 2 N–H and O–H groups in total. The van der Waals surface area contributed by atoms with Crippen LogP contribution < -0.4 is 21.1 Å². The maximum atomic E-state index is 14.3. The molecule has 288 valence electrons. The van der Waals surface area contributed by atoms with Gasteiger partial charge in [-0.3, -0.25) is 24.5 Å². The molecule has 3 atom stereocenters. The molecule has 14 heteroatoms. The van der Waals surface area contributed by atoms with Crippen LogP contribution in [0, 0.1) is 12.3 Å². The quantitative estimate of drug-likeness (QED) is 0.337. The number of nitrogens with one attached hydrogen (secondary N) is 2. The molecule has 4 fully saturated rings. The van der Waals surface area contributed by atoms with Crippen LogP contribution in [0.15, 0.2) is 53.5 Å². The number of hydrogen-bond acceptors (Lipinski definition) is 8. The van der Waals surface area contributed by atoms with Gasteiger partial charge in [-0.2, -0.15) is 18.3 Å². The average Bonchev–Trinajstić information content (AvgIpc) is 3.15. The van der Waals surface area contributed by atoms with E-state index in [1.807, 2.05) is 36.1 Å².